The molecule has 2 aromatic carbocycles. The molecule has 180 valence electrons. The molecular weight excluding hydrogens is 478 g/mol. The van der Waals surface area contributed by atoms with Gasteiger partial charge in [0.25, 0.3) is 7.98 Å². The lowest BCUT2D eigenvalue weighted by molar-refractivity contribution is -0.162. The van der Waals surface area contributed by atoms with Crippen LogP contribution in [0.15, 0.2) is 70.5 Å². The number of benzene rings is 2. The predicted molar refractivity (Wildman–Crippen MR) is 133 cm³/mol. The molecular formula is C26H22BN2O6P. The maximum Gasteiger partial charge on any atom is 0.364 e. The fraction of sp³-hybridized carbons (Fsp3) is 0.269. The highest BCUT2D eigenvalue weighted by Gasteiger charge is 2.59. The maximum atomic E-state index is 12.7. The number of ketones is 1. The van der Waals surface area contributed by atoms with E-state index in [1.807, 2.05) is 31.2 Å². The molecule has 0 saturated carbocycles. The number of allylic oxidation sites excluding steroid dienone is 1. The van der Waals surface area contributed by atoms with Crippen LogP contribution in [-0.4, -0.2) is 54.4 Å². The smallest absolute Gasteiger partial charge is 0.364 e. The number of β-lactam (4-membered cyclic amide) rings is 1. The molecule has 2 heterocycles. The molecule has 0 spiro atoms. The van der Waals surface area contributed by atoms with Crippen LogP contribution in [0.4, 0.5) is 0 Å². The Labute approximate surface area is 211 Å². The lowest BCUT2D eigenvalue weighted by atomic mass is 9.78. The highest BCUT2D eigenvalue weighted by Crippen LogP contribution is 2.48. The second-order valence-corrected chi connectivity index (χ2v) is 9.48. The fourth-order valence-corrected chi connectivity index (χ4v) is 5.59. The van der Waals surface area contributed by atoms with Crippen molar-refractivity contribution in [3.05, 3.63) is 77.0 Å². The molecule has 2 aromatic rings. The van der Waals surface area contributed by atoms with Crippen molar-refractivity contribution in [2.75, 3.05) is 6.61 Å². The Balaban J connectivity index is 1.40. The average molecular weight is 500 g/mol. The summed E-state index contributed by atoms with van der Waals surface area (Å²) in [6.07, 6.45) is 2.65. The maximum absolute atomic E-state index is 12.7. The normalized spacial score (nSPS) is 23.1. The van der Waals surface area contributed by atoms with Crippen LogP contribution in [0.3, 0.4) is 0 Å². The van der Waals surface area contributed by atoms with E-state index in [0.29, 0.717) is 22.4 Å². The monoisotopic (exact) mass is 500 g/mol. The van der Waals surface area contributed by atoms with E-state index >= 15 is 0 Å². The van der Waals surface area contributed by atoms with Crippen LogP contribution < -0.4 is 4.74 Å². The first-order valence-corrected chi connectivity index (χ1v) is 12.3. The first-order chi connectivity index (χ1) is 17.4. The Morgan fingerprint density at radius 2 is 1.92 bits per heavy atom. The summed E-state index contributed by atoms with van der Waals surface area (Å²) < 4.78 is 14.4. The van der Waals surface area contributed by atoms with Crippen LogP contribution >= 0.6 is 8.60 Å². The molecule has 10 heteroatoms. The van der Waals surface area contributed by atoms with Crippen molar-refractivity contribution < 1.29 is 28.8 Å². The van der Waals surface area contributed by atoms with Crippen molar-refractivity contribution in [1.29, 1.82) is 0 Å². The third kappa shape index (κ3) is 3.70. The van der Waals surface area contributed by atoms with Gasteiger partial charge in [-0.25, -0.2) is 4.79 Å². The summed E-state index contributed by atoms with van der Waals surface area (Å²) in [7, 11) is 5.01. The van der Waals surface area contributed by atoms with Gasteiger partial charge in [-0.2, -0.15) is 0 Å². The second kappa shape index (κ2) is 9.49. The van der Waals surface area contributed by atoms with Gasteiger partial charge in [-0.3, -0.25) is 9.59 Å². The Bertz CT molecular complexity index is 1370. The fourth-order valence-electron chi connectivity index (χ4n) is 5.38. The van der Waals surface area contributed by atoms with Gasteiger partial charge in [-0.15, -0.1) is 0 Å². The van der Waals surface area contributed by atoms with E-state index in [1.54, 1.807) is 37.3 Å². The van der Waals surface area contributed by atoms with E-state index in [1.165, 1.54) is 4.90 Å². The van der Waals surface area contributed by atoms with Crippen LogP contribution in [0, 0.1) is 11.8 Å². The Hall–Kier alpha value is -3.55. The van der Waals surface area contributed by atoms with Gasteiger partial charge in [-0.05, 0) is 30.2 Å². The summed E-state index contributed by atoms with van der Waals surface area (Å²) in [5.74, 6) is -1.28. The average Bonchev–Trinajstić information content (AvgIpc) is 3.29. The number of aliphatic hydroxyl groups excluding tert-OH is 1. The van der Waals surface area contributed by atoms with Crippen molar-refractivity contribution in [3.8, 4) is 16.9 Å². The van der Waals surface area contributed by atoms with Crippen molar-refractivity contribution >= 4 is 34.2 Å². The number of carbonyl (C=O) groups excluding carboxylic acids is 3. The third-order valence-electron chi connectivity index (χ3n) is 6.93. The predicted octanol–water partition coefficient (Wildman–Crippen LogP) is 3.62. The standard InChI is InChI=1S/C26H22BN2O6P/c1-13-15(23(26(33)35-36-28-27)29-22(13)20(14(2)30)25(29)32)10-6-12-34-19-11-5-9-18-21(19)16-7-3-4-8-17(16)24(18)31/h3-11,13-14,20,22,30H,12H2,1-2H3/b10-6+/t13-,14?,20?,22?/m0/s1. The van der Waals surface area contributed by atoms with Gasteiger partial charge in [-0.1, -0.05) is 49.4 Å². The number of aliphatic hydroxyl groups is 1. The van der Waals surface area contributed by atoms with Gasteiger partial charge in [0.1, 0.15) is 18.1 Å². The zero-order valence-electron chi connectivity index (χ0n) is 19.6. The molecule has 36 heavy (non-hydrogen) atoms. The molecule has 1 N–H and O–H groups in total. The molecule has 1 saturated heterocycles. The Morgan fingerprint density at radius 3 is 2.64 bits per heavy atom. The zero-order chi connectivity index (χ0) is 25.6. The number of hydrogen-bond donors (Lipinski definition) is 1. The molecule has 8 nitrogen and oxygen atoms in total. The first kappa shape index (κ1) is 24.2. The largest absolute Gasteiger partial charge is 0.489 e. The molecule has 1 amide bonds. The molecule has 4 atom stereocenters. The SMILES string of the molecule is [B]N=POC(=O)C1=C(/C=C/COc2cccc3c2-c2ccccc2C3=O)[C@H](C)C2C(C(C)O)C(=O)N12. The lowest BCUT2D eigenvalue weighted by Gasteiger charge is -2.46. The van der Waals surface area contributed by atoms with E-state index in [9.17, 15) is 19.5 Å². The number of rotatable bonds is 7. The van der Waals surface area contributed by atoms with Crippen molar-refractivity contribution in [2.45, 2.75) is 26.0 Å². The van der Waals surface area contributed by atoms with Crippen LogP contribution in [-0.2, 0) is 14.1 Å². The molecule has 2 aliphatic heterocycles. The summed E-state index contributed by atoms with van der Waals surface area (Å²) >= 11 is 0. The molecule has 2 radical (unpaired) electrons. The minimum Gasteiger partial charge on any atom is -0.489 e. The van der Waals surface area contributed by atoms with E-state index in [0.717, 1.165) is 11.1 Å². The Morgan fingerprint density at radius 1 is 1.19 bits per heavy atom. The van der Waals surface area contributed by atoms with Crippen LogP contribution in [0.5, 0.6) is 5.75 Å². The molecule has 0 bridgehead atoms. The molecule has 5 rings (SSSR count). The topological polar surface area (TPSA) is 106 Å². The summed E-state index contributed by atoms with van der Waals surface area (Å²) in [5.41, 5.74) is 3.59. The van der Waals surface area contributed by atoms with Gasteiger partial charge < -0.3 is 23.9 Å². The van der Waals surface area contributed by atoms with Gasteiger partial charge in [0, 0.05) is 22.6 Å². The van der Waals surface area contributed by atoms with Gasteiger partial charge in [0.05, 0.1) is 18.1 Å². The number of amides is 1. The summed E-state index contributed by atoms with van der Waals surface area (Å²) in [6.45, 7) is 3.64. The second-order valence-electron chi connectivity index (χ2n) is 8.90. The van der Waals surface area contributed by atoms with Crippen molar-refractivity contribution in [2.24, 2.45) is 16.5 Å². The summed E-state index contributed by atoms with van der Waals surface area (Å²) in [4.78, 5) is 39.6. The number of carbonyl (C=O) groups is 3. The van der Waals surface area contributed by atoms with E-state index in [4.69, 9.17) is 17.2 Å². The third-order valence-corrected chi connectivity index (χ3v) is 7.28. The highest BCUT2D eigenvalue weighted by molar-refractivity contribution is 7.22. The van der Waals surface area contributed by atoms with Crippen molar-refractivity contribution in [1.82, 2.24) is 4.90 Å². The quantitative estimate of drug-likeness (QED) is 0.302. The minimum absolute atomic E-state index is 0.0277. The van der Waals surface area contributed by atoms with E-state index in [-0.39, 0.29) is 44.6 Å². The number of ether oxygens (including phenoxy) is 1. The van der Waals surface area contributed by atoms with E-state index in [2.05, 4.69) is 4.66 Å². The Kier molecular flexibility index (Phi) is 6.37. The van der Waals surface area contributed by atoms with Crippen LogP contribution in [0.25, 0.3) is 11.1 Å². The van der Waals surface area contributed by atoms with Gasteiger partial charge in [0.15, 0.2) is 5.78 Å². The molecule has 3 aliphatic rings. The first-order valence-electron chi connectivity index (χ1n) is 11.5. The molecule has 1 aliphatic carbocycles. The van der Waals surface area contributed by atoms with Gasteiger partial charge in [0.2, 0.25) is 14.5 Å². The van der Waals surface area contributed by atoms with Crippen molar-refractivity contribution in [3.63, 3.8) is 0 Å². The van der Waals surface area contributed by atoms with Crippen LogP contribution in [0.2, 0.25) is 0 Å². The summed E-state index contributed by atoms with van der Waals surface area (Å²) in [6, 6.07) is 12.5. The van der Waals surface area contributed by atoms with Gasteiger partial charge >= 0.3 is 5.97 Å². The van der Waals surface area contributed by atoms with E-state index < -0.39 is 18.0 Å². The number of hydrogen-bond acceptors (Lipinski definition) is 7. The zero-order valence-corrected chi connectivity index (χ0v) is 20.5. The summed E-state index contributed by atoms with van der Waals surface area (Å²) in [5, 5.41) is 10.1. The number of fused-ring (bicyclic) bond motifs is 4. The highest BCUT2D eigenvalue weighted by atomic mass is 31.1. The molecule has 3 unspecified atom stereocenters. The molecule has 1 fully saturated rings. The molecule has 0 aromatic heterocycles. The number of nitrogens with zero attached hydrogens (tertiary/aromatic N) is 2. The lowest BCUT2D eigenvalue weighted by Crippen LogP contribution is -2.63. The minimum atomic E-state index is -0.840. The van der Waals surface area contributed by atoms with Crippen LogP contribution in [0.1, 0.15) is 29.8 Å².